The Labute approximate surface area is 109 Å². The molecule has 0 saturated carbocycles. The summed E-state index contributed by atoms with van der Waals surface area (Å²) in [7, 11) is 0. The highest BCUT2D eigenvalue weighted by Crippen LogP contribution is 2.17. The summed E-state index contributed by atoms with van der Waals surface area (Å²) in [6, 6.07) is 10.9. The molecule has 3 nitrogen and oxygen atoms in total. The Kier molecular flexibility index (Phi) is 4.75. The predicted molar refractivity (Wildman–Crippen MR) is 72.6 cm³/mol. The molecule has 2 atom stereocenters. The number of hydrogen-bond acceptors (Lipinski definition) is 3. The van der Waals surface area contributed by atoms with E-state index in [-0.39, 0.29) is 0 Å². The van der Waals surface area contributed by atoms with E-state index in [9.17, 15) is 5.11 Å². The van der Waals surface area contributed by atoms with Gasteiger partial charge in [0.1, 0.15) is 5.60 Å². The Morgan fingerprint density at radius 1 is 1.39 bits per heavy atom. The second-order valence-electron chi connectivity index (χ2n) is 5.33. The lowest BCUT2D eigenvalue weighted by Crippen LogP contribution is -2.44. The van der Waals surface area contributed by atoms with Crippen molar-refractivity contribution in [3.63, 3.8) is 0 Å². The topological polar surface area (TPSA) is 41.5 Å². The summed E-state index contributed by atoms with van der Waals surface area (Å²) >= 11 is 0. The van der Waals surface area contributed by atoms with Gasteiger partial charge in [-0.25, -0.2) is 0 Å². The van der Waals surface area contributed by atoms with Gasteiger partial charge in [-0.15, -0.1) is 0 Å². The maximum Gasteiger partial charge on any atom is 0.102 e. The Morgan fingerprint density at radius 3 is 2.83 bits per heavy atom. The van der Waals surface area contributed by atoms with Gasteiger partial charge in [-0.1, -0.05) is 30.3 Å². The fourth-order valence-electron chi connectivity index (χ4n) is 2.23. The first-order valence-electron chi connectivity index (χ1n) is 6.75. The molecule has 3 heteroatoms. The van der Waals surface area contributed by atoms with E-state index in [0.29, 0.717) is 25.8 Å². The number of ether oxygens (including phenoxy) is 1. The molecule has 1 fully saturated rings. The third-order valence-electron chi connectivity index (χ3n) is 3.57. The summed E-state index contributed by atoms with van der Waals surface area (Å²) in [5.74, 6) is 0. The second kappa shape index (κ2) is 6.32. The minimum Gasteiger partial charge on any atom is -0.386 e. The minimum atomic E-state index is -0.652. The van der Waals surface area contributed by atoms with E-state index in [0.717, 1.165) is 19.3 Å². The Balaban J connectivity index is 1.67. The fraction of sp³-hybridized carbons (Fsp3) is 0.600. The largest absolute Gasteiger partial charge is 0.386 e. The first kappa shape index (κ1) is 13.5. The maximum atomic E-state index is 10.1. The Hall–Kier alpha value is -0.900. The molecule has 0 aromatic heterocycles. The van der Waals surface area contributed by atoms with Crippen LogP contribution in [0.2, 0.25) is 0 Å². The van der Waals surface area contributed by atoms with Crippen LogP contribution in [-0.4, -0.2) is 36.5 Å². The predicted octanol–water partition coefficient (Wildman–Crippen LogP) is 1.75. The van der Waals surface area contributed by atoms with Crippen LogP contribution < -0.4 is 5.32 Å². The number of hydrogen-bond donors (Lipinski definition) is 2. The number of benzene rings is 1. The van der Waals surface area contributed by atoms with Gasteiger partial charge in [-0.05, 0) is 25.3 Å². The van der Waals surface area contributed by atoms with Gasteiger partial charge in [0.05, 0.1) is 6.61 Å². The van der Waals surface area contributed by atoms with Crippen molar-refractivity contribution in [1.82, 2.24) is 5.32 Å². The van der Waals surface area contributed by atoms with Crippen molar-refractivity contribution in [1.29, 1.82) is 0 Å². The van der Waals surface area contributed by atoms with Crippen LogP contribution in [-0.2, 0) is 11.2 Å². The van der Waals surface area contributed by atoms with Crippen LogP contribution in [0.25, 0.3) is 0 Å². The third kappa shape index (κ3) is 4.09. The highest BCUT2D eigenvalue weighted by atomic mass is 16.5. The van der Waals surface area contributed by atoms with Crippen LogP contribution in [0.15, 0.2) is 30.3 Å². The number of aliphatic hydroxyl groups is 1. The van der Waals surface area contributed by atoms with E-state index in [1.54, 1.807) is 0 Å². The van der Waals surface area contributed by atoms with Crippen LogP contribution in [0.3, 0.4) is 0 Å². The van der Waals surface area contributed by atoms with Gasteiger partial charge >= 0.3 is 0 Å². The summed E-state index contributed by atoms with van der Waals surface area (Å²) in [6.45, 7) is 3.94. The number of aryl methyl sites for hydroxylation is 1. The van der Waals surface area contributed by atoms with Crippen molar-refractivity contribution < 1.29 is 9.84 Å². The van der Waals surface area contributed by atoms with Crippen molar-refractivity contribution in [2.24, 2.45) is 0 Å². The smallest absolute Gasteiger partial charge is 0.102 e. The molecule has 0 bridgehead atoms. The number of nitrogens with one attached hydrogen (secondary N) is 1. The summed E-state index contributed by atoms with van der Waals surface area (Å²) in [5, 5.41) is 13.5. The molecule has 1 aromatic rings. The van der Waals surface area contributed by atoms with E-state index < -0.39 is 5.60 Å². The average Bonchev–Trinajstić information content (AvgIpc) is 2.83. The highest BCUT2D eigenvalue weighted by Gasteiger charge is 2.31. The first-order chi connectivity index (χ1) is 8.68. The van der Waals surface area contributed by atoms with E-state index in [2.05, 4.69) is 36.5 Å². The molecule has 100 valence electrons. The third-order valence-corrected chi connectivity index (χ3v) is 3.57. The lowest BCUT2D eigenvalue weighted by molar-refractivity contribution is 0.0250. The molecule has 1 aliphatic heterocycles. The molecule has 2 rings (SSSR count). The second-order valence-corrected chi connectivity index (χ2v) is 5.33. The van der Waals surface area contributed by atoms with Gasteiger partial charge in [0, 0.05) is 25.6 Å². The van der Waals surface area contributed by atoms with E-state index >= 15 is 0 Å². The summed E-state index contributed by atoms with van der Waals surface area (Å²) in [5.41, 5.74) is 0.718. The number of rotatable bonds is 6. The van der Waals surface area contributed by atoms with Crippen LogP contribution in [0.4, 0.5) is 0 Å². The van der Waals surface area contributed by atoms with Crippen molar-refractivity contribution in [3.8, 4) is 0 Å². The van der Waals surface area contributed by atoms with Gasteiger partial charge < -0.3 is 15.2 Å². The Morgan fingerprint density at radius 2 is 2.17 bits per heavy atom. The van der Waals surface area contributed by atoms with Crippen LogP contribution in [0.5, 0.6) is 0 Å². The zero-order valence-corrected chi connectivity index (χ0v) is 11.1. The van der Waals surface area contributed by atoms with Crippen molar-refractivity contribution >= 4 is 0 Å². The summed E-state index contributed by atoms with van der Waals surface area (Å²) < 4.78 is 5.23. The monoisotopic (exact) mass is 249 g/mol. The Bertz CT molecular complexity index is 347. The molecule has 18 heavy (non-hydrogen) atoms. The van der Waals surface area contributed by atoms with Gasteiger partial charge in [-0.2, -0.15) is 0 Å². The van der Waals surface area contributed by atoms with Gasteiger partial charge in [0.25, 0.3) is 0 Å². The zero-order valence-electron chi connectivity index (χ0n) is 11.1. The SMILES string of the molecule is CC(CCc1ccccc1)NCC1(O)CCOC1. The zero-order chi connectivity index (χ0) is 12.8. The standard InChI is InChI=1S/C15H23NO2/c1-13(7-8-14-5-3-2-4-6-14)16-11-15(17)9-10-18-12-15/h2-6,13,16-17H,7-12H2,1H3. The van der Waals surface area contributed by atoms with Gasteiger partial charge in [-0.3, -0.25) is 0 Å². The molecule has 0 radical (unpaired) electrons. The van der Waals surface area contributed by atoms with Crippen molar-refractivity contribution in [2.45, 2.75) is 37.8 Å². The van der Waals surface area contributed by atoms with Crippen molar-refractivity contribution in [3.05, 3.63) is 35.9 Å². The van der Waals surface area contributed by atoms with E-state index in [4.69, 9.17) is 4.74 Å². The molecular weight excluding hydrogens is 226 g/mol. The molecule has 1 heterocycles. The summed E-state index contributed by atoms with van der Waals surface area (Å²) in [4.78, 5) is 0. The molecular formula is C15H23NO2. The molecule has 0 aliphatic carbocycles. The molecule has 1 saturated heterocycles. The molecule has 1 aliphatic rings. The van der Waals surface area contributed by atoms with Gasteiger partial charge in [0.2, 0.25) is 0 Å². The molecule has 1 aromatic carbocycles. The normalized spacial score (nSPS) is 25.2. The average molecular weight is 249 g/mol. The van der Waals surface area contributed by atoms with Crippen LogP contribution in [0, 0.1) is 0 Å². The van der Waals surface area contributed by atoms with E-state index in [1.807, 2.05) is 6.07 Å². The summed E-state index contributed by atoms with van der Waals surface area (Å²) in [6.07, 6.45) is 2.90. The lowest BCUT2D eigenvalue weighted by Gasteiger charge is -2.23. The van der Waals surface area contributed by atoms with E-state index in [1.165, 1.54) is 5.56 Å². The quantitative estimate of drug-likeness (QED) is 0.807. The highest BCUT2D eigenvalue weighted by molar-refractivity contribution is 5.14. The fourth-order valence-corrected chi connectivity index (χ4v) is 2.23. The molecule has 0 spiro atoms. The first-order valence-corrected chi connectivity index (χ1v) is 6.75. The lowest BCUT2D eigenvalue weighted by atomic mass is 10.0. The van der Waals surface area contributed by atoms with Crippen molar-refractivity contribution in [2.75, 3.05) is 19.8 Å². The maximum absolute atomic E-state index is 10.1. The van der Waals surface area contributed by atoms with Crippen LogP contribution in [0.1, 0.15) is 25.3 Å². The molecule has 2 unspecified atom stereocenters. The minimum absolute atomic E-state index is 0.412. The molecule has 0 amide bonds. The van der Waals surface area contributed by atoms with Crippen LogP contribution >= 0.6 is 0 Å². The van der Waals surface area contributed by atoms with Gasteiger partial charge in [0.15, 0.2) is 0 Å². The molecule has 2 N–H and O–H groups in total.